The highest BCUT2D eigenvalue weighted by molar-refractivity contribution is 5.82. The Morgan fingerprint density at radius 1 is 1.11 bits per heavy atom. The predicted molar refractivity (Wildman–Crippen MR) is 130 cm³/mol. The van der Waals surface area contributed by atoms with Crippen molar-refractivity contribution in [3.8, 4) is 0 Å². The van der Waals surface area contributed by atoms with Gasteiger partial charge >= 0.3 is 0 Å². The Bertz CT molecular complexity index is 767. The molecule has 5 aliphatic rings. The molecule has 12 heteroatoms. The molecule has 2 amide bonds. The van der Waals surface area contributed by atoms with E-state index in [9.17, 15) is 14.0 Å². The number of carbonyl (C=O) groups is 2. The van der Waals surface area contributed by atoms with E-state index in [0.29, 0.717) is 6.54 Å². The molecule has 0 aliphatic carbocycles. The Labute approximate surface area is 207 Å². The molecule has 5 aliphatic heterocycles. The minimum atomic E-state index is -0.982. The number of alkyl halides is 1. The van der Waals surface area contributed by atoms with E-state index in [2.05, 4.69) is 38.1 Å². The van der Waals surface area contributed by atoms with Crippen LogP contribution in [0.1, 0.15) is 26.2 Å². The smallest absolute Gasteiger partial charge is 0.240 e. The van der Waals surface area contributed by atoms with E-state index in [0.717, 1.165) is 65.1 Å². The number of carbonyl (C=O) groups excluding carboxylic acids is 2. The molecule has 198 valence electrons. The van der Waals surface area contributed by atoms with Gasteiger partial charge in [-0.3, -0.25) is 24.7 Å². The number of likely N-dealkylation sites (tertiary alicyclic amines) is 1. The monoisotopic (exact) mass is 495 g/mol. The summed E-state index contributed by atoms with van der Waals surface area (Å²) < 4.78 is 13.8. The molecule has 0 bridgehead atoms. The number of hydrazine groups is 1. The molecule has 0 aromatic rings. The molecule has 5 heterocycles. The van der Waals surface area contributed by atoms with Gasteiger partial charge in [0, 0.05) is 51.9 Å². The van der Waals surface area contributed by atoms with Crippen LogP contribution in [0.4, 0.5) is 4.39 Å². The van der Waals surface area contributed by atoms with Gasteiger partial charge in [0.1, 0.15) is 6.17 Å². The number of fused-ring (bicyclic) bond motifs is 1. The molecule has 5 saturated heterocycles. The van der Waals surface area contributed by atoms with Crippen molar-refractivity contribution in [3.05, 3.63) is 0 Å². The van der Waals surface area contributed by atoms with Crippen molar-refractivity contribution < 1.29 is 14.0 Å². The maximum Gasteiger partial charge on any atom is 0.240 e. The number of nitrogens with two attached hydrogens (primary N) is 1. The Morgan fingerprint density at radius 2 is 1.91 bits per heavy atom. The zero-order chi connectivity index (χ0) is 24.5. The molecule has 5 rings (SSSR count). The number of hydrogen-bond donors (Lipinski definition) is 5. The fourth-order valence-corrected chi connectivity index (χ4v) is 6.66. The van der Waals surface area contributed by atoms with Gasteiger partial charge in [-0.2, -0.15) is 0 Å². The maximum absolute atomic E-state index is 13.8. The Balaban J connectivity index is 1.17. The second-order valence-corrected chi connectivity index (χ2v) is 10.6. The van der Waals surface area contributed by atoms with E-state index in [1.54, 1.807) is 5.01 Å². The first-order valence-corrected chi connectivity index (χ1v) is 13.4. The van der Waals surface area contributed by atoms with Crippen LogP contribution in [0.25, 0.3) is 0 Å². The van der Waals surface area contributed by atoms with Crippen LogP contribution in [-0.4, -0.2) is 134 Å². The SMILES string of the molecule is CCN1CCCC1C(=O)N1CCN(C2CCNCC2NC(=O)C2C(N)NN3CC(F)CNC23)CC1. The minimum absolute atomic E-state index is 0.0392. The summed E-state index contributed by atoms with van der Waals surface area (Å²) in [6, 6.07) is 0.220. The molecule has 7 unspecified atom stereocenters. The molecule has 6 N–H and O–H groups in total. The van der Waals surface area contributed by atoms with Crippen LogP contribution >= 0.6 is 0 Å². The molecule has 11 nitrogen and oxygen atoms in total. The van der Waals surface area contributed by atoms with Crippen molar-refractivity contribution in [1.29, 1.82) is 0 Å². The van der Waals surface area contributed by atoms with Gasteiger partial charge in [-0.05, 0) is 38.9 Å². The number of piperidine rings is 1. The van der Waals surface area contributed by atoms with E-state index >= 15 is 0 Å². The van der Waals surface area contributed by atoms with Crippen LogP contribution in [0.5, 0.6) is 0 Å². The van der Waals surface area contributed by atoms with Crippen LogP contribution in [-0.2, 0) is 9.59 Å². The number of halogens is 1. The second-order valence-electron chi connectivity index (χ2n) is 10.6. The number of amides is 2. The van der Waals surface area contributed by atoms with Crippen LogP contribution in [0.2, 0.25) is 0 Å². The largest absolute Gasteiger partial charge is 0.350 e. The van der Waals surface area contributed by atoms with Crippen molar-refractivity contribution in [2.75, 3.05) is 65.4 Å². The summed E-state index contributed by atoms with van der Waals surface area (Å²) in [5.74, 6) is -0.315. The average molecular weight is 496 g/mol. The van der Waals surface area contributed by atoms with E-state index in [-0.39, 0.29) is 49.2 Å². The number of likely N-dealkylation sites (N-methyl/N-ethyl adjacent to an activating group) is 1. The Kier molecular flexibility index (Phi) is 7.87. The van der Waals surface area contributed by atoms with Gasteiger partial charge in [0.2, 0.25) is 11.8 Å². The first-order chi connectivity index (χ1) is 17.0. The minimum Gasteiger partial charge on any atom is -0.350 e. The number of hydrogen-bond acceptors (Lipinski definition) is 9. The lowest BCUT2D eigenvalue weighted by Crippen LogP contribution is -2.65. The molecule has 0 aromatic heterocycles. The van der Waals surface area contributed by atoms with E-state index in [4.69, 9.17) is 5.73 Å². The van der Waals surface area contributed by atoms with Gasteiger partial charge in [0.15, 0.2) is 0 Å². The lowest BCUT2D eigenvalue weighted by atomic mass is 9.95. The van der Waals surface area contributed by atoms with Crippen molar-refractivity contribution in [1.82, 2.24) is 41.1 Å². The Hall–Kier alpha value is -1.41. The highest BCUT2D eigenvalue weighted by Gasteiger charge is 2.48. The van der Waals surface area contributed by atoms with Crippen molar-refractivity contribution >= 4 is 11.8 Å². The van der Waals surface area contributed by atoms with Crippen molar-refractivity contribution in [2.45, 2.75) is 62.8 Å². The third-order valence-corrected chi connectivity index (χ3v) is 8.55. The summed E-state index contributed by atoms with van der Waals surface area (Å²) in [7, 11) is 0. The fraction of sp³-hybridized carbons (Fsp3) is 0.913. The molecule has 0 saturated carbocycles. The zero-order valence-corrected chi connectivity index (χ0v) is 20.8. The fourth-order valence-electron chi connectivity index (χ4n) is 6.66. The highest BCUT2D eigenvalue weighted by atomic mass is 19.1. The van der Waals surface area contributed by atoms with Crippen molar-refractivity contribution in [2.24, 2.45) is 11.7 Å². The molecular weight excluding hydrogens is 453 g/mol. The number of nitrogens with one attached hydrogen (secondary N) is 4. The van der Waals surface area contributed by atoms with Crippen LogP contribution in [0.3, 0.4) is 0 Å². The number of piperazine rings is 1. The summed E-state index contributed by atoms with van der Waals surface area (Å²) >= 11 is 0. The average Bonchev–Trinajstić information content (AvgIpc) is 3.47. The van der Waals surface area contributed by atoms with E-state index in [1.807, 2.05) is 4.90 Å². The van der Waals surface area contributed by atoms with Crippen LogP contribution < -0.4 is 27.1 Å². The molecule has 0 radical (unpaired) electrons. The van der Waals surface area contributed by atoms with Crippen molar-refractivity contribution in [3.63, 3.8) is 0 Å². The number of rotatable bonds is 5. The highest BCUT2D eigenvalue weighted by Crippen LogP contribution is 2.24. The summed E-state index contributed by atoms with van der Waals surface area (Å²) in [5.41, 5.74) is 9.30. The first-order valence-electron chi connectivity index (χ1n) is 13.4. The normalized spacial score (nSPS) is 39.5. The van der Waals surface area contributed by atoms with E-state index < -0.39 is 18.3 Å². The molecule has 0 spiro atoms. The molecule has 5 fully saturated rings. The Morgan fingerprint density at radius 3 is 2.69 bits per heavy atom. The summed E-state index contributed by atoms with van der Waals surface area (Å²) in [6.45, 7) is 9.25. The molecular formula is C23H42FN9O2. The lowest BCUT2D eigenvalue weighted by molar-refractivity contribution is -0.138. The predicted octanol–water partition coefficient (Wildman–Crippen LogP) is -2.55. The number of nitrogens with zero attached hydrogens (tertiary/aromatic N) is 4. The van der Waals surface area contributed by atoms with Gasteiger partial charge in [-0.15, -0.1) is 0 Å². The third kappa shape index (κ3) is 5.20. The lowest BCUT2D eigenvalue weighted by Gasteiger charge is -2.45. The third-order valence-electron chi connectivity index (χ3n) is 8.55. The summed E-state index contributed by atoms with van der Waals surface area (Å²) in [6.07, 6.45) is 1.16. The first kappa shape index (κ1) is 25.2. The van der Waals surface area contributed by atoms with Gasteiger partial charge in [-0.1, -0.05) is 6.92 Å². The quantitative estimate of drug-likeness (QED) is 0.281. The van der Waals surface area contributed by atoms with Gasteiger partial charge in [0.05, 0.1) is 30.3 Å². The van der Waals surface area contributed by atoms with Crippen LogP contribution in [0.15, 0.2) is 0 Å². The van der Waals surface area contributed by atoms with Gasteiger partial charge in [0.25, 0.3) is 0 Å². The standard InChI is InChI=1S/C23H42FN9O2/c1-2-30-7-3-4-18(30)23(35)32-10-8-31(9-11-32)17-5-6-26-13-16(17)28-22(34)19-20(25)29-33-14-15(24)12-27-21(19)33/h15-21,26-27,29H,2-14,25H2,1H3,(H,28,34). The molecule has 35 heavy (non-hydrogen) atoms. The zero-order valence-electron chi connectivity index (χ0n) is 20.8. The topological polar surface area (TPSA) is 121 Å². The summed E-state index contributed by atoms with van der Waals surface area (Å²) in [4.78, 5) is 33.2. The van der Waals surface area contributed by atoms with E-state index in [1.165, 1.54) is 0 Å². The van der Waals surface area contributed by atoms with Crippen LogP contribution in [0, 0.1) is 5.92 Å². The summed E-state index contributed by atoms with van der Waals surface area (Å²) in [5, 5.41) is 11.5. The van der Waals surface area contributed by atoms with Gasteiger partial charge < -0.3 is 21.3 Å². The molecule has 7 atom stereocenters. The maximum atomic E-state index is 13.8. The molecule has 0 aromatic carbocycles. The van der Waals surface area contributed by atoms with Gasteiger partial charge in [-0.25, -0.2) is 14.8 Å². The second kappa shape index (κ2) is 10.9.